The highest BCUT2D eigenvalue weighted by molar-refractivity contribution is 7.71. The molecule has 0 spiro atoms. The minimum absolute atomic E-state index is 0.108. The number of hydrogen-bond acceptors (Lipinski definition) is 5. The van der Waals surface area contributed by atoms with Gasteiger partial charge < -0.3 is 15.4 Å². The van der Waals surface area contributed by atoms with E-state index in [1.54, 1.807) is 11.7 Å². The maximum Gasteiger partial charge on any atom is 0.222 e. The van der Waals surface area contributed by atoms with Gasteiger partial charge in [-0.15, -0.1) is 0 Å². The van der Waals surface area contributed by atoms with Crippen LogP contribution in [-0.4, -0.2) is 40.2 Å². The van der Waals surface area contributed by atoms with E-state index < -0.39 is 0 Å². The molecule has 0 radical (unpaired) electrons. The number of benzene rings is 2. The lowest BCUT2D eigenvalue weighted by atomic mass is 10.2. The molecule has 1 aromatic heterocycles. The Morgan fingerprint density at radius 3 is 2.45 bits per heavy atom. The van der Waals surface area contributed by atoms with Crippen LogP contribution in [0.4, 0.5) is 0 Å². The molecule has 0 bridgehead atoms. The lowest BCUT2D eigenvalue weighted by Gasteiger charge is -2.09. The smallest absolute Gasteiger partial charge is 0.222 e. The summed E-state index contributed by atoms with van der Waals surface area (Å²) in [6, 6.07) is 17.1. The summed E-state index contributed by atoms with van der Waals surface area (Å²) in [5.74, 6) is 1.14. The van der Waals surface area contributed by atoms with Crippen molar-refractivity contribution in [2.75, 3.05) is 13.7 Å². The number of nitrogens with one attached hydrogen (secondary N) is 3. The lowest BCUT2D eigenvalue weighted by Crippen LogP contribution is -2.31. The number of aromatic amines is 1. The van der Waals surface area contributed by atoms with Gasteiger partial charge >= 0.3 is 0 Å². The molecule has 0 aliphatic heterocycles. The van der Waals surface area contributed by atoms with Crippen molar-refractivity contribution in [1.82, 2.24) is 25.4 Å². The highest BCUT2D eigenvalue weighted by Gasteiger charge is 2.11. The van der Waals surface area contributed by atoms with E-state index in [1.165, 1.54) is 0 Å². The SMILES string of the molecule is COc1ccc(-c2n[nH]c(=S)n2CCC(=O)NCCC(=O)NCc2ccccc2)cc1. The predicted molar refractivity (Wildman–Crippen MR) is 120 cm³/mol. The van der Waals surface area contributed by atoms with Crippen molar-refractivity contribution in [2.24, 2.45) is 0 Å². The Morgan fingerprint density at radius 1 is 1.03 bits per heavy atom. The molecule has 0 unspecified atom stereocenters. The fourth-order valence-electron chi connectivity index (χ4n) is 2.99. The minimum atomic E-state index is -0.153. The van der Waals surface area contributed by atoms with E-state index in [-0.39, 0.29) is 31.2 Å². The molecule has 8 nitrogen and oxygen atoms in total. The Kier molecular flexibility index (Phi) is 7.94. The Balaban J connectivity index is 1.44. The summed E-state index contributed by atoms with van der Waals surface area (Å²) in [6.07, 6.45) is 0.448. The van der Waals surface area contributed by atoms with Gasteiger partial charge in [0.2, 0.25) is 11.8 Å². The zero-order valence-corrected chi connectivity index (χ0v) is 18.1. The van der Waals surface area contributed by atoms with Crippen LogP contribution in [0.2, 0.25) is 0 Å². The number of H-pyrrole nitrogens is 1. The Bertz CT molecular complexity index is 1060. The quantitative estimate of drug-likeness (QED) is 0.422. The molecule has 31 heavy (non-hydrogen) atoms. The number of methoxy groups -OCH3 is 1. The highest BCUT2D eigenvalue weighted by atomic mass is 32.1. The number of nitrogens with zero attached hydrogens (tertiary/aromatic N) is 2. The first-order chi connectivity index (χ1) is 15.1. The molecule has 3 N–H and O–H groups in total. The van der Waals surface area contributed by atoms with Gasteiger partial charge in [0.15, 0.2) is 10.6 Å². The molecule has 162 valence electrons. The van der Waals surface area contributed by atoms with Gasteiger partial charge in [0, 0.05) is 38.0 Å². The minimum Gasteiger partial charge on any atom is -0.497 e. The van der Waals surface area contributed by atoms with Crippen LogP contribution in [0.25, 0.3) is 11.4 Å². The molecule has 0 aliphatic rings. The monoisotopic (exact) mass is 439 g/mol. The van der Waals surface area contributed by atoms with Crippen molar-refractivity contribution in [3.05, 3.63) is 64.9 Å². The molecule has 2 aromatic carbocycles. The van der Waals surface area contributed by atoms with Gasteiger partial charge in [-0.1, -0.05) is 30.3 Å². The summed E-state index contributed by atoms with van der Waals surface area (Å²) >= 11 is 5.30. The Morgan fingerprint density at radius 2 is 1.74 bits per heavy atom. The second-order valence-corrected chi connectivity index (χ2v) is 7.23. The van der Waals surface area contributed by atoms with Gasteiger partial charge in [-0.25, -0.2) is 0 Å². The first-order valence-electron chi connectivity index (χ1n) is 9.94. The van der Waals surface area contributed by atoms with E-state index in [0.717, 1.165) is 16.9 Å². The van der Waals surface area contributed by atoms with Crippen LogP contribution in [0.15, 0.2) is 54.6 Å². The topological polar surface area (TPSA) is 101 Å². The molecule has 0 saturated heterocycles. The molecule has 0 fully saturated rings. The molecule has 2 amide bonds. The molecule has 3 rings (SSSR count). The highest BCUT2D eigenvalue weighted by Crippen LogP contribution is 2.21. The van der Waals surface area contributed by atoms with Crippen LogP contribution < -0.4 is 15.4 Å². The molecule has 9 heteroatoms. The number of carbonyl (C=O) groups is 2. The van der Waals surface area contributed by atoms with Crippen molar-refractivity contribution in [2.45, 2.75) is 25.9 Å². The van der Waals surface area contributed by atoms with Crippen LogP contribution in [0, 0.1) is 4.77 Å². The summed E-state index contributed by atoms with van der Waals surface area (Å²) in [5, 5.41) is 12.7. The largest absolute Gasteiger partial charge is 0.497 e. The zero-order valence-electron chi connectivity index (χ0n) is 17.3. The summed E-state index contributed by atoms with van der Waals surface area (Å²) in [4.78, 5) is 24.1. The number of ether oxygens (including phenoxy) is 1. The third-order valence-electron chi connectivity index (χ3n) is 4.68. The van der Waals surface area contributed by atoms with Crippen LogP contribution in [0.1, 0.15) is 18.4 Å². The maximum absolute atomic E-state index is 12.2. The number of carbonyl (C=O) groups excluding carboxylic acids is 2. The first kappa shape index (κ1) is 22.2. The molecule has 3 aromatic rings. The Hall–Kier alpha value is -3.46. The summed E-state index contributed by atoms with van der Waals surface area (Å²) in [6.45, 7) is 1.13. The second kappa shape index (κ2) is 11.1. The number of amides is 2. The fourth-order valence-corrected chi connectivity index (χ4v) is 3.21. The van der Waals surface area contributed by atoms with Gasteiger partial charge in [-0.2, -0.15) is 5.10 Å². The van der Waals surface area contributed by atoms with Crippen LogP contribution in [0.3, 0.4) is 0 Å². The third-order valence-corrected chi connectivity index (χ3v) is 4.99. The van der Waals surface area contributed by atoms with Crippen molar-refractivity contribution < 1.29 is 14.3 Å². The van der Waals surface area contributed by atoms with Gasteiger partial charge in [0.25, 0.3) is 0 Å². The van der Waals surface area contributed by atoms with Crippen LogP contribution >= 0.6 is 12.2 Å². The molecule has 0 aliphatic carbocycles. The average Bonchev–Trinajstić information content (AvgIpc) is 3.17. The molecule has 1 heterocycles. The lowest BCUT2D eigenvalue weighted by molar-refractivity contribution is -0.122. The first-order valence-corrected chi connectivity index (χ1v) is 10.3. The molecular weight excluding hydrogens is 414 g/mol. The van der Waals surface area contributed by atoms with E-state index in [2.05, 4.69) is 20.8 Å². The molecule has 0 saturated carbocycles. The van der Waals surface area contributed by atoms with Crippen LogP contribution in [0.5, 0.6) is 5.75 Å². The maximum atomic E-state index is 12.2. The molecule has 0 atom stereocenters. The van der Waals surface area contributed by atoms with Crippen molar-refractivity contribution in [1.29, 1.82) is 0 Å². The number of hydrogen-bond donors (Lipinski definition) is 3. The van der Waals surface area contributed by atoms with Gasteiger partial charge in [0.1, 0.15) is 5.75 Å². The van der Waals surface area contributed by atoms with E-state index in [9.17, 15) is 9.59 Å². The van der Waals surface area contributed by atoms with Crippen molar-refractivity contribution in [3.63, 3.8) is 0 Å². The third kappa shape index (κ3) is 6.51. The van der Waals surface area contributed by atoms with Gasteiger partial charge in [0.05, 0.1) is 7.11 Å². The number of rotatable bonds is 10. The van der Waals surface area contributed by atoms with Crippen molar-refractivity contribution >= 4 is 24.0 Å². The van der Waals surface area contributed by atoms with E-state index in [4.69, 9.17) is 17.0 Å². The summed E-state index contributed by atoms with van der Waals surface area (Å²) in [7, 11) is 1.61. The van der Waals surface area contributed by atoms with E-state index >= 15 is 0 Å². The second-order valence-electron chi connectivity index (χ2n) is 6.84. The zero-order chi connectivity index (χ0) is 22.1. The van der Waals surface area contributed by atoms with Crippen molar-refractivity contribution in [3.8, 4) is 17.1 Å². The van der Waals surface area contributed by atoms with E-state index in [0.29, 0.717) is 23.7 Å². The van der Waals surface area contributed by atoms with Gasteiger partial charge in [-0.3, -0.25) is 19.3 Å². The van der Waals surface area contributed by atoms with Crippen LogP contribution in [-0.2, 0) is 22.7 Å². The van der Waals surface area contributed by atoms with E-state index in [1.807, 2.05) is 54.6 Å². The standard InChI is InChI=1S/C22H25N5O3S/c1-30-18-9-7-17(8-10-18)21-25-26-22(31)27(21)14-12-20(29)23-13-11-19(28)24-15-16-5-3-2-4-6-16/h2-10H,11-15H2,1H3,(H,23,29)(H,24,28)(H,26,31). The normalized spacial score (nSPS) is 10.5. The average molecular weight is 440 g/mol. The number of aromatic nitrogens is 3. The summed E-state index contributed by atoms with van der Waals surface area (Å²) in [5.41, 5.74) is 1.90. The fraction of sp³-hybridized carbons (Fsp3) is 0.273. The van der Waals surface area contributed by atoms with Gasteiger partial charge in [-0.05, 0) is 42.0 Å². The molecular formula is C22H25N5O3S. The predicted octanol–water partition coefficient (Wildman–Crippen LogP) is 2.83. The Labute approximate surface area is 185 Å². The summed E-state index contributed by atoms with van der Waals surface area (Å²) < 4.78 is 7.40.